The molecule has 1 N–H and O–H groups in total. The van der Waals surface area contributed by atoms with Gasteiger partial charge in [-0.2, -0.15) is 0 Å². The second-order valence-corrected chi connectivity index (χ2v) is 4.26. The Labute approximate surface area is 113 Å². The van der Waals surface area contributed by atoms with Gasteiger partial charge in [0.2, 0.25) is 0 Å². The quantitative estimate of drug-likeness (QED) is 0.912. The lowest BCUT2D eigenvalue weighted by Gasteiger charge is -2.06. The van der Waals surface area contributed by atoms with Gasteiger partial charge in [0.15, 0.2) is 5.82 Å². The van der Waals surface area contributed by atoms with Crippen LogP contribution in [0.25, 0.3) is 0 Å². The van der Waals surface area contributed by atoms with Crippen molar-refractivity contribution in [2.45, 2.75) is 0 Å². The normalized spacial score (nSPS) is 10.2. The second kappa shape index (κ2) is 5.33. The van der Waals surface area contributed by atoms with Gasteiger partial charge in [0.05, 0.1) is 10.6 Å². The fourth-order valence-corrected chi connectivity index (χ4v) is 1.66. The summed E-state index contributed by atoms with van der Waals surface area (Å²) in [4.78, 5) is 15.7. The van der Waals surface area contributed by atoms with Crippen LogP contribution >= 0.6 is 23.2 Å². The third-order valence-electron chi connectivity index (χ3n) is 2.16. The lowest BCUT2D eigenvalue weighted by Crippen LogP contribution is -2.14. The number of anilines is 1. The van der Waals surface area contributed by atoms with Crippen LogP contribution in [0.15, 0.2) is 36.5 Å². The molecule has 18 heavy (non-hydrogen) atoms. The molecule has 0 spiro atoms. The molecule has 0 bridgehead atoms. The Morgan fingerprint density at radius 3 is 2.78 bits per heavy atom. The number of hydrogen-bond acceptors (Lipinski definition) is 2. The van der Waals surface area contributed by atoms with Crippen molar-refractivity contribution < 1.29 is 9.18 Å². The number of halogens is 3. The molecule has 0 aliphatic rings. The predicted octanol–water partition coefficient (Wildman–Crippen LogP) is 3.78. The molecule has 92 valence electrons. The van der Waals surface area contributed by atoms with Crippen LogP contribution in [-0.4, -0.2) is 10.9 Å². The lowest BCUT2D eigenvalue weighted by molar-refractivity contribution is 0.102. The largest absolute Gasteiger partial charge is 0.305 e. The minimum atomic E-state index is -0.663. The molecule has 2 aromatic rings. The summed E-state index contributed by atoms with van der Waals surface area (Å²) in [5, 5.41) is 2.96. The summed E-state index contributed by atoms with van der Waals surface area (Å²) in [6.45, 7) is 0. The van der Waals surface area contributed by atoms with Gasteiger partial charge in [-0.05, 0) is 30.3 Å². The minimum absolute atomic E-state index is 0.163. The van der Waals surface area contributed by atoms with Crippen LogP contribution in [0.1, 0.15) is 10.4 Å². The summed E-state index contributed by atoms with van der Waals surface area (Å²) in [7, 11) is 0. The molecule has 0 fully saturated rings. The van der Waals surface area contributed by atoms with Gasteiger partial charge in [-0.15, -0.1) is 0 Å². The minimum Gasteiger partial charge on any atom is -0.305 e. The van der Waals surface area contributed by atoms with Crippen LogP contribution in [0.2, 0.25) is 10.0 Å². The van der Waals surface area contributed by atoms with Crippen molar-refractivity contribution in [2.75, 3.05) is 5.32 Å². The molecule has 0 unspecified atom stereocenters. The standard InChI is InChI=1S/C12H7Cl2FN2O/c13-7-3-4-10(15)8(6-7)12(18)17-11-9(14)2-1-5-16-11/h1-6H,(H,16,17,18). The highest BCUT2D eigenvalue weighted by atomic mass is 35.5. The Balaban J connectivity index is 2.28. The average Bonchev–Trinajstić information content (AvgIpc) is 2.35. The molecule has 3 nitrogen and oxygen atoms in total. The molecule has 1 aromatic heterocycles. The third kappa shape index (κ3) is 2.78. The first-order chi connectivity index (χ1) is 8.58. The topological polar surface area (TPSA) is 42.0 Å². The molecule has 0 atom stereocenters. The molecule has 0 saturated carbocycles. The predicted molar refractivity (Wildman–Crippen MR) is 68.6 cm³/mol. The Morgan fingerprint density at radius 2 is 2.06 bits per heavy atom. The fourth-order valence-electron chi connectivity index (χ4n) is 1.32. The summed E-state index contributed by atoms with van der Waals surface area (Å²) in [6, 6.07) is 6.91. The fraction of sp³-hybridized carbons (Fsp3) is 0. The van der Waals surface area contributed by atoms with Crippen LogP contribution < -0.4 is 5.32 Å². The first kappa shape index (κ1) is 12.8. The van der Waals surface area contributed by atoms with Crippen molar-refractivity contribution in [3.63, 3.8) is 0 Å². The molecule has 1 aromatic carbocycles. The van der Waals surface area contributed by atoms with Gasteiger partial charge >= 0.3 is 0 Å². The van der Waals surface area contributed by atoms with Crippen LogP contribution in [0.5, 0.6) is 0 Å². The summed E-state index contributed by atoms with van der Waals surface area (Å²) in [5.74, 6) is -1.15. The molecule has 0 aliphatic heterocycles. The number of aromatic nitrogens is 1. The van der Waals surface area contributed by atoms with Gasteiger partial charge in [-0.3, -0.25) is 4.79 Å². The number of amides is 1. The maximum atomic E-state index is 13.5. The highest BCUT2D eigenvalue weighted by molar-refractivity contribution is 6.33. The second-order valence-electron chi connectivity index (χ2n) is 3.41. The summed E-state index contributed by atoms with van der Waals surface area (Å²) >= 11 is 11.5. The summed E-state index contributed by atoms with van der Waals surface area (Å²) in [6.07, 6.45) is 1.47. The van der Waals surface area contributed by atoms with E-state index in [4.69, 9.17) is 23.2 Å². The summed E-state index contributed by atoms with van der Waals surface area (Å²) < 4.78 is 13.5. The Bertz CT molecular complexity index is 604. The molecule has 0 saturated heterocycles. The number of rotatable bonds is 2. The van der Waals surface area contributed by atoms with Gasteiger partial charge in [-0.1, -0.05) is 23.2 Å². The Morgan fingerprint density at radius 1 is 1.28 bits per heavy atom. The van der Waals surface area contributed by atoms with Gasteiger partial charge in [0.1, 0.15) is 5.82 Å². The number of carbonyl (C=O) groups is 1. The van der Waals surface area contributed by atoms with Crippen molar-refractivity contribution in [1.29, 1.82) is 0 Å². The van der Waals surface area contributed by atoms with E-state index in [1.807, 2.05) is 0 Å². The maximum absolute atomic E-state index is 13.5. The third-order valence-corrected chi connectivity index (χ3v) is 2.70. The van der Waals surface area contributed by atoms with E-state index >= 15 is 0 Å². The van der Waals surface area contributed by atoms with Crippen molar-refractivity contribution in [3.8, 4) is 0 Å². The van der Waals surface area contributed by atoms with Gasteiger partial charge < -0.3 is 5.32 Å². The lowest BCUT2D eigenvalue weighted by atomic mass is 10.2. The van der Waals surface area contributed by atoms with E-state index in [0.717, 1.165) is 6.07 Å². The zero-order valence-electron chi connectivity index (χ0n) is 8.95. The molecule has 6 heteroatoms. The number of pyridine rings is 1. The highest BCUT2D eigenvalue weighted by Crippen LogP contribution is 2.20. The number of carbonyl (C=O) groups excluding carboxylic acids is 1. The SMILES string of the molecule is O=C(Nc1ncccc1Cl)c1cc(Cl)ccc1F. The highest BCUT2D eigenvalue weighted by Gasteiger charge is 2.14. The van der Waals surface area contributed by atoms with Crippen LogP contribution in [0, 0.1) is 5.82 Å². The molecular formula is C12H7Cl2FN2O. The van der Waals surface area contributed by atoms with Gasteiger partial charge in [-0.25, -0.2) is 9.37 Å². The maximum Gasteiger partial charge on any atom is 0.259 e. The monoisotopic (exact) mass is 284 g/mol. The number of nitrogens with one attached hydrogen (secondary N) is 1. The van der Waals surface area contributed by atoms with Crippen LogP contribution in [0.4, 0.5) is 10.2 Å². The van der Waals surface area contributed by atoms with Crippen molar-refractivity contribution >= 4 is 34.9 Å². The zero-order valence-corrected chi connectivity index (χ0v) is 10.5. The molecule has 1 amide bonds. The molecule has 0 aliphatic carbocycles. The van der Waals surface area contributed by atoms with E-state index in [-0.39, 0.29) is 21.4 Å². The average molecular weight is 285 g/mol. The van der Waals surface area contributed by atoms with E-state index < -0.39 is 11.7 Å². The van der Waals surface area contributed by atoms with Crippen molar-refractivity contribution in [2.24, 2.45) is 0 Å². The molecular weight excluding hydrogens is 278 g/mol. The number of hydrogen-bond donors (Lipinski definition) is 1. The van der Waals surface area contributed by atoms with E-state index in [0.29, 0.717) is 0 Å². The van der Waals surface area contributed by atoms with E-state index in [1.165, 1.54) is 18.3 Å². The van der Waals surface area contributed by atoms with Crippen LogP contribution in [-0.2, 0) is 0 Å². The van der Waals surface area contributed by atoms with E-state index in [1.54, 1.807) is 12.1 Å². The summed E-state index contributed by atoms with van der Waals surface area (Å²) in [5.41, 5.74) is -0.163. The van der Waals surface area contributed by atoms with Crippen molar-refractivity contribution in [1.82, 2.24) is 4.98 Å². The van der Waals surface area contributed by atoms with Crippen LogP contribution in [0.3, 0.4) is 0 Å². The first-order valence-electron chi connectivity index (χ1n) is 4.95. The van der Waals surface area contributed by atoms with Crippen molar-refractivity contribution in [3.05, 3.63) is 58.0 Å². The number of nitrogens with zero attached hydrogens (tertiary/aromatic N) is 1. The van der Waals surface area contributed by atoms with Gasteiger partial charge in [0, 0.05) is 11.2 Å². The Kier molecular flexibility index (Phi) is 3.79. The smallest absolute Gasteiger partial charge is 0.259 e. The zero-order chi connectivity index (χ0) is 13.1. The number of benzene rings is 1. The first-order valence-corrected chi connectivity index (χ1v) is 5.70. The van der Waals surface area contributed by atoms with E-state index in [9.17, 15) is 9.18 Å². The van der Waals surface area contributed by atoms with Gasteiger partial charge in [0.25, 0.3) is 5.91 Å². The molecule has 0 radical (unpaired) electrons. The molecule has 1 heterocycles. The Hall–Kier alpha value is -1.65. The van der Waals surface area contributed by atoms with E-state index in [2.05, 4.69) is 10.3 Å². The molecule has 2 rings (SSSR count).